The number of rotatable bonds is 5. The van der Waals surface area contributed by atoms with Gasteiger partial charge in [-0.15, -0.1) is 0 Å². The average Bonchev–Trinajstić information content (AvgIpc) is 2.76. The Balaban J connectivity index is 2.33. The summed E-state index contributed by atoms with van der Waals surface area (Å²) in [5, 5.41) is -0.945. The number of benzene rings is 1. The van der Waals surface area contributed by atoms with E-state index in [1.54, 1.807) is 4.57 Å². The largest absolute Gasteiger partial charge is 0.331 e. The number of nitrogens with zero attached hydrogens (tertiary/aromatic N) is 2. The molecule has 8 nitrogen and oxygen atoms in total. The van der Waals surface area contributed by atoms with Gasteiger partial charge in [-0.1, -0.05) is 0 Å². The van der Waals surface area contributed by atoms with E-state index in [4.69, 9.17) is 9.11 Å². The molecular formula is C11H14N2O6S2. The van der Waals surface area contributed by atoms with Gasteiger partial charge >= 0.3 is 0 Å². The standard InChI is InChI=1S/C11H14N2O6S2/c1-8(20(14,15)16)4-5-13-7-12-10-3-2-9(6-11(10)13)21(17,18)19/h2-3,6-8H,4-5H2,1H3,(H,14,15,16)(H,17,18,19). The highest BCUT2D eigenvalue weighted by atomic mass is 32.2. The second-order valence-corrected chi connectivity index (χ2v) is 7.93. The lowest BCUT2D eigenvalue weighted by molar-refractivity contribution is 0.461. The highest BCUT2D eigenvalue weighted by molar-refractivity contribution is 7.86. The van der Waals surface area contributed by atoms with Gasteiger partial charge in [0.1, 0.15) is 0 Å². The van der Waals surface area contributed by atoms with Gasteiger partial charge in [0.15, 0.2) is 0 Å². The molecule has 1 atom stereocenters. The molecule has 0 aliphatic rings. The zero-order chi connectivity index (χ0) is 15.8. The zero-order valence-corrected chi connectivity index (χ0v) is 12.7. The molecule has 1 unspecified atom stereocenters. The van der Waals surface area contributed by atoms with Crippen LogP contribution < -0.4 is 0 Å². The van der Waals surface area contributed by atoms with Crippen molar-refractivity contribution in [1.82, 2.24) is 9.55 Å². The van der Waals surface area contributed by atoms with Crippen LogP contribution in [0.3, 0.4) is 0 Å². The van der Waals surface area contributed by atoms with Crippen molar-refractivity contribution < 1.29 is 25.9 Å². The topological polar surface area (TPSA) is 127 Å². The Kier molecular flexibility index (Phi) is 4.06. The summed E-state index contributed by atoms with van der Waals surface area (Å²) >= 11 is 0. The third kappa shape index (κ3) is 3.59. The fourth-order valence-corrected chi connectivity index (χ4v) is 2.75. The van der Waals surface area contributed by atoms with Crippen molar-refractivity contribution in [2.24, 2.45) is 0 Å². The van der Waals surface area contributed by atoms with Gasteiger partial charge in [-0.2, -0.15) is 16.8 Å². The highest BCUT2D eigenvalue weighted by Crippen LogP contribution is 2.19. The van der Waals surface area contributed by atoms with Gasteiger partial charge < -0.3 is 4.57 Å². The first-order valence-corrected chi connectivity index (χ1v) is 8.92. The summed E-state index contributed by atoms with van der Waals surface area (Å²) in [7, 11) is -8.43. The Bertz CT molecular complexity index is 869. The van der Waals surface area contributed by atoms with E-state index in [0.29, 0.717) is 11.0 Å². The van der Waals surface area contributed by atoms with E-state index < -0.39 is 25.5 Å². The smallest absolute Gasteiger partial charge is 0.294 e. The van der Waals surface area contributed by atoms with Crippen LogP contribution >= 0.6 is 0 Å². The number of imidazole rings is 1. The maximum atomic E-state index is 11.1. The first kappa shape index (κ1) is 15.9. The maximum Gasteiger partial charge on any atom is 0.294 e. The summed E-state index contributed by atoms with van der Waals surface area (Å²) < 4.78 is 63.7. The predicted octanol–water partition coefficient (Wildman–Crippen LogP) is 0.949. The quantitative estimate of drug-likeness (QED) is 0.779. The number of aryl methyl sites for hydroxylation is 1. The van der Waals surface area contributed by atoms with Crippen LogP contribution in [0.2, 0.25) is 0 Å². The Morgan fingerprint density at radius 3 is 2.48 bits per heavy atom. The molecule has 116 valence electrons. The third-order valence-corrected chi connectivity index (χ3v) is 5.28. The summed E-state index contributed by atoms with van der Waals surface area (Å²) in [4.78, 5) is 3.79. The molecular weight excluding hydrogens is 320 g/mol. The molecule has 0 radical (unpaired) electrons. The lowest BCUT2D eigenvalue weighted by atomic mass is 10.3. The van der Waals surface area contributed by atoms with E-state index in [0.717, 1.165) is 0 Å². The van der Waals surface area contributed by atoms with Crippen molar-refractivity contribution in [2.75, 3.05) is 0 Å². The van der Waals surface area contributed by atoms with Gasteiger partial charge in [-0.05, 0) is 31.5 Å². The lowest BCUT2D eigenvalue weighted by Gasteiger charge is -2.09. The minimum absolute atomic E-state index is 0.139. The van der Waals surface area contributed by atoms with Crippen molar-refractivity contribution in [2.45, 2.75) is 30.0 Å². The monoisotopic (exact) mass is 334 g/mol. The molecule has 0 aliphatic heterocycles. The van der Waals surface area contributed by atoms with Crippen LogP contribution in [-0.4, -0.2) is 40.7 Å². The lowest BCUT2D eigenvalue weighted by Crippen LogP contribution is -2.18. The molecule has 1 aromatic heterocycles. The van der Waals surface area contributed by atoms with Crippen molar-refractivity contribution in [1.29, 1.82) is 0 Å². The molecule has 2 N–H and O–H groups in total. The summed E-state index contributed by atoms with van der Waals surface area (Å²) in [5.41, 5.74) is 0.967. The highest BCUT2D eigenvalue weighted by Gasteiger charge is 2.18. The zero-order valence-electron chi connectivity index (χ0n) is 11.0. The summed E-state index contributed by atoms with van der Waals surface area (Å²) in [5.74, 6) is 0. The average molecular weight is 334 g/mol. The minimum Gasteiger partial charge on any atom is -0.331 e. The summed E-state index contributed by atoms with van der Waals surface area (Å²) in [6.45, 7) is 1.60. The van der Waals surface area contributed by atoms with Gasteiger partial charge in [-0.25, -0.2) is 4.98 Å². The molecule has 1 aromatic carbocycles. The molecule has 0 fully saturated rings. The molecule has 0 amide bonds. The molecule has 0 bridgehead atoms. The van der Waals surface area contributed by atoms with Crippen LogP contribution in [0.25, 0.3) is 11.0 Å². The number of fused-ring (bicyclic) bond motifs is 1. The van der Waals surface area contributed by atoms with Gasteiger partial charge in [0.2, 0.25) is 0 Å². The van der Waals surface area contributed by atoms with E-state index in [1.807, 2.05) is 0 Å². The SMILES string of the molecule is CC(CCn1cnc2ccc(S(=O)(=O)O)cc21)S(=O)(=O)O. The first-order chi connectivity index (χ1) is 9.59. The van der Waals surface area contributed by atoms with Crippen molar-refractivity contribution in [3.8, 4) is 0 Å². The molecule has 0 saturated heterocycles. The molecule has 2 rings (SSSR count). The fraction of sp³-hybridized carbons (Fsp3) is 0.364. The molecule has 0 aliphatic carbocycles. The normalized spacial score (nSPS) is 14.4. The van der Waals surface area contributed by atoms with E-state index in [-0.39, 0.29) is 17.9 Å². The Morgan fingerprint density at radius 1 is 1.24 bits per heavy atom. The van der Waals surface area contributed by atoms with Gasteiger partial charge in [0.25, 0.3) is 20.2 Å². The molecule has 0 saturated carbocycles. The number of aromatic nitrogens is 2. The number of hydrogen-bond donors (Lipinski definition) is 2. The van der Waals surface area contributed by atoms with Gasteiger partial charge in [0, 0.05) is 6.54 Å². The Morgan fingerprint density at radius 2 is 1.90 bits per heavy atom. The van der Waals surface area contributed by atoms with Crippen LogP contribution in [0.5, 0.6) is 0 Å². The van der Waals surface area contributed by atoms with Crippen LogP contribution in [0.15, 0.2) is 29.4 Å². The molecule has 21 heavy (non-hydrogen) atoms. The van der Waals surface area contributed by atoms with Crippen LogP contribution in [-0.2, 0) is 26.8 Å². The fourth-order valence-electron chi connectivity index (χ4n) is 1.85. The van der Waals surface area contributed by atoms with E-state index in [2.05, 4.69) is 4.98 Å². The van der Waals surface area contributed by atoms with Crippen molar-refractivity contribution in [3.63, 3.8) is 0 Å². The minimum atomic E-state index is -4.32. The van der Waals surface area contributed by atoms with E-state index in [1.165, 1.54) is 31.5 Å². The first-order valence-electron chi connectivity index (χ1n) is 5.98. The van der Waals surface area contributed by atoms with Crippen LogP contribution in [0.4, 0.5) is 0 Å². The van der Waals surface area contributed by atoms with Crippen LogP contribution in [0.1, 0.15) is 13.3 Å². The molecule has 10 heteroatoms. The second-order valence-electron chi connectivity index (χ2n) is 4.68. The Hall–Kier alpha value is -1.49. The predicted molar refractivity (Wildman–Crippen MR) is 75.2 cm³/mol. The van der Waals surface area contributed by atoms with Gasteiger partial charge in [0.05, 0.1) is 27.5 Å². The van der Waals surface area contributed by atoms with E-state index in [9.17, 15) is 16.8 Å². The molecule has 0 spiro atoms. The maximum absolute atomic E-state index is 11.1. The van der Waals surface area contributed by atoms with Crippen LogP contribution in [0, 0.1) is 0 Å². The molecule has 2 aromatic rings. The van der Waals surface area contributed by atoms with Crippen molar-refractivity contribution in [3.05, 3.63) is 24.5 Å². The summed E-state index contributed by atoms with van der Waals surface area (Å²) in [6.07, 6.45) is 1.58. The summed E-state index contributed by atoms with van der Waals surface area (Å²) in [6, 6.07) is 3.94. The molecule has 1 heterocycles. The van der Waals surface area contributed by atoms with E-state index >= 15 is 0 Å². The van der Waals surface area contributed by atoms with Crippen molar-refractivity contribution >= 4 is 31.3 Å². The van der Waals surface area contributed by atoms with Gasteiger partial charge in [-0.3, -0.25) is 9.11 Å². The third-order valence-electron chi connectivity index (χ3n) is 3.18. The second kappa shape index (κ2) is 5.37. The Labute approximate surface area is 121 Å². The number of hydrogen-bond acceptors (Lipinski definition) is 5.